The first-order valence-electron chi connectivity index (χ1n) is 5.88. The third kappa shape index (κ3) is 2.60. The predicted molar refractivity (Wildman–Crippen MR) is 63.3 cm³/mol. The molecule has 2 nitrogen and oxygen atoms in total. The first-order chi connectivity index (χ1) is 7.69. The lowest BCUT2D eigenvalue weighted by atomic mass is 10.1. The zero-order valence-corrected chi connectivity index (χ0v) is 9.75. The molecule has 0 bridgehead atoms. The Balaban J connectivity index is 2.10. The molecule has 88 valence electrons. The minimum absolute atomic E-state index is 0.167. The van der Waals surface area contributed by atoms with Gasteiger partial charge in [-0.25, -0.2) is 4.39 Å². The van der Waals surface area contributed by atoms with Crippen LogP contribution in [0.3, 0.4) is 0 Å². The monoisotopic (exact) mass is 222 g/mol. The van der Waals surface area contributed by atoms with Crippen molar-refractivity contribution in [1.82, 2.24) is 4.90 Å². The Bertz CT molecular complexity index is 365. The molecule has 2 rings (SSSR count). The summed E-state index contributed by atoms with van der Waals surface area (Å²) in [4.78, 5) is 2.37. The molecule has 0 aromatic heterocycles. The lowest BCUT2D eigenvalue weighted by molar-refractivity contribution is 0.319. The molecule has 3 heteroatoms. The van der Waals surface area contributed by atoms with Gasteiger partial charge in [0.05, 0.1) is 0 Å². The Hall–Kier alpha value is -0.930. The van der Waals surface area contributed by atoms with E-state index in [2.05, 4.69) is 11.8 Å². The van der Waals surface area contributed by atoms with E-state index in [0.717, 1.165) is 36.7 Å². The molecule has 1 aromatic carbocycles. The van der Waals surface area contributed by atoms with Crippen LogP contribution in [-0.4, -0.2) is 18.0 Å². The van der Waals surface area contributed by atoms with Crippen molar-refractivity contribution in [2.75, 3.05) is 13.1 Å². The second kappa shape index (κ2) is 4.93. The smallest absolute Gasteiger partial charge is 0.123 e. The average molecular weight is 222 g/mol. The molecular weight excluding hydrogens is 203 g/mol. The van der Waals surface area contributed by atoms with Crippen molar-refractivity contribution in [2.24, 2.45) is 11.7 Å². The minimum Gasteiger partial charge on any atom is -0.326 e. The fourth-order valence-corrected chi connectivity index (χ4v) is 2.35. The molecule has 0 aliphatic carbocycles. The summed E-state index contributed by atoms with van der Waals surface area (Å²) in [6.07, 6.45) is 1.24. The summed E-state index contributed by atoms with van der Waals surface area (Å²) in [6, 6.07) is 4.90. The number of hydrogen-bond acceptors (Lipinski definition) is 2. The Kier molecular flexibility index (Phi) is 3.56. The van der Waals surface area contributed by atoms with E-state index in [9.17, 15) is 4.39 Å². The zero-order chi connectivity index (χ0) is 11.5. The van der Waals surface area contributed by atoms with E-state index in [1.54, 1.807) is 12.1 Å². The Morgan fingerprint density at radius 1 is 1.44 bits per heavy atom. The molecule has 16 heavy (non-hydrogen) atoms. The molecule has 1 atom stereocenters. The van der Waals surface area contributed by atoms with Gasteiger partial charge in [0.25, 0.3) is 0 Å². The Morgan fingerprint density at radius 3 is 2.88 bits per heavy atom. The van der Waals surface area contributed by atoms with Gasteiger partial charge in [0.1, 0.15) is 5.82 Å². The van der Waals surface area contributed by atoms with E-state index in [1.807, 2.05) is 0 Å². The first-order valence-corrected chi connectivity index (χ1v) is 5.88. The Labute approximate surface area is 96.2 Å². The van der Waals surface area contributed by atoms with Crippen molar-refractivity contribution in [1.29, 1.82) is 0 Å². The lowest BCUT2D eigenvalue weighted by Gasteiger charge is -2.17. The summed E-state index contributed by atoms with van der Waals surface area (Å²) in [5.74, 6) is 0.592. The summed E-state index contributed by atoms with van der Waals surface area (Å²) in [7, 11) is 0. The van der Waals surface area contributed by atoms with E-state index in [4.69, 9.17) is 5.73 Å². The van der Waals surface area contributed by atoms with Crippen molar-refractivity contribution in [3.63, 3.8) is 0 Å². The lowest BCUT2D eigenvalue weighted by Crippen LogP contribution is -2.21. The number of benzene rings is 1. The van der Waals surface area contributed by atoms with Gasteiger partial charge in [0.2, 0.25) is 0 Å². The summed E-state index contributed by atoms with van der Waals surface area (Å²) in [5, 5.41) is 0. The van der Waals surface area contributed by atoms with Crippen LogP contribution in [0.4, 0.5) is 4.39 Å². The minimum atomic E-state index is -0.167. The standard InChI is InChI=1S/C13H19FN2/c1-10-4-5-16(8-10)9-12-6-13(14)3-2-11(12)7-15/h2-3,6,10H,4-5,7-9,15H2,1H3. The maximum absolute atomic E-state index is 13.2. The fourth-order valence-electron chi connectivity index (χ4n) is 2.35. The van der Waals surface area contributed by atoms with E-state index in [0.29, 0.717) is 6.54 Å². The quantitative estimate of drug-likeness (QED) is 0.849. The topological polar surface area (TPSA) is 29.3 Å². The fraction of sp³-hybridized carbons (Fsp3) is 0.538. The molecule has 0 amide bonds. The summed E-state index contributed by atoms with van der Waals surface area (Å²) >= 11 is 0. The van der Waals surface area contributed by atoms with Gasteiger partial charge >= 0.3 is 0 Å². The van der Waals surface area contributed by atoms with Crippen LogP contribution in [0.2, 0.25) is 0 Å². The van der Waals surface area contributed by atoms with Gasteiger partial charge in [0, 0.05) is 19.6 Å². The molecule has 0 radical (unpaired) electrons. The van der Waals surface area contributed by atoms with Crippen LogP contribution in [0.1, 0.15) is 24.5 Å². The highest BCUT2D eigenvalue weighted by Gasteiger charge is 2.19. The van der Waals surface area contributed by atoms with Gasteiger partial charge in [-0.1, -0.05) is 13.0 Å². The highest BCUT2D eigenvalue weighted by Crippen LogP contribution is 2.20. The summed E-state index contributed by atoms with van der Waals surface area (Å²) < 4.78 is 13.2. The molecular formula is C13H19FN2. The van der Waals surface area contributed by atoms with E-state index >= 15 is 0 Å². The van der Waals surface area contributed by atoms with E-state index in [-0.39, 0.29) is 5.82 Å². The SMILES string of the molecule is CC1CCN(Cc2cc(F)ccc2CN)C1. The first kappa shape index (κ1) is 11.6. The van der Waals surface area contributed by atoms with Gasteiger partial charge in [-0.15, -0.1) is 0 Å². The van der Waals surface area contributed by atoms with Crippen LogP contribution in [0, 0.1) is 11.7 Å². The molecule has 1 aromatic rings. The zero-order valence-electron chi connectivity index (χ0n) is 9.75. The maximum atomic E-state index is 13.2. The Morgan fingerprint density at radius 2 is 2.25 bits per heavy atom. The van der Waals surface area contributed by atoms with Crippen molar-refractivity contribution >= 4 is 0 Å². The molecule has 0 saturated carbocycles. The van der Waals surface area contributed by atoms with Crippen molar-refractivity contribution in [3.05, 3.63) is 35.1 Å². The number of halogens is 1. The van der Waals surface area contributed by atoms with Crippen molar-refractivity contribution < 1.29 is 4.39 Å². The number of rotatable bonds is 3. The van der Waals surface area contributed by atoms with Crippen LogP contribution in [0.15, 0.2) is 18.2 Å². The summed E-state index contributed by atoms with van der Waals surface area (Å²) in [6.45, 7) is 5.80. The molecule has 1 aliphatic rings. The molecule has 1 saturated heterocycles. The van der Waals surface area contributed by atoms with Crippen LogP contribution in [0.25, 0.3) is 0 Å². The molecule has 2 N–H and O–H groups in total. The van der Waals surface area contributed by atoms with Gasteiger partial charge in [-0.2, -0.15) is 0 Å². The number of hydrogen-bond donors (Lipinski definition) is 1. The highest BCUT2D eigenvalue weighted by molar-refractivity contribution is 5.27. The number of nitrogens with two attached hydrogens (primary N) is 1. The second-order valence-electron chi connectivity index (χ2n) is 4.75. The second-order valence-corrected chi connectivity index (χ2v) is 4.75. The predicted octanol–water partition coefficient (Wildman–Crippen LogP) is 2.13. The normalized spacial score (nSPS) is 21.6. The maximum Gasteiger partial charge on any atom is 0.123 e. The van der Waals surface area contributed by atoms with Crippen LogP contribution in [0.5, 0.6) is 0 Å². The molecule has 0 spiro atoms. The van der Waals surface area contributed by atoms with Crippen molar-refractivity contribution in [3.8, 4) is 0 Å². The van der Waals surface area contributed by atoms with Gasteiger partial charge in [0.15, 0.2) is 0 Å². The van der Waals surface area contributed by atoms with Crippen LogP contribution in [-0.2, 0) is 13.1 Å². The summed E-state index contributed by atoms with van der Waals surface area (Å²) in [5.41, 5.74) is 7.76. The molecule has 1 aliphatic heterocycles. The molecule has 1 fully saturated rings. The highest BCUT2D eigenvalue weighted by atomic mass is 19.1. The van der Waals surface area contributed by atoms with E-state index in [1.165, 1.54) is 12.5 Å². The third-order valence-electron chi connectivity index (χ3n) is 3.29. The van der Waals surface area contributed by atoms with Gasteiger partial charge in [-0.05, 0) is 42.1 Å². The van der Waals surface area contributed by atoms with Gasteiger partial charge in [-0.3, -0.25) is 4.90 Å². The van der Waals surface area contributed by atoms with Gasteiger partial charge < -0.3 is 5.73 Å². The van der Waals surface area contributed by atoms with Crippen LogP contribution < -0.4 is 5.73 Å². The number of likely N-dealkylation sites (tertiary alicyclic amines) is 1. The average Bonchev–Trinajstić information content (AvgIpc) is 2.64. The third-order valence-corrected chi connectivity index (χ3v) is 3.29. The molecule has 1 heterocycles. The number of nitrogens with zero attached hydrogens (tertiary/aromatic N) is 1. The van der Waals surface area contributed by atoms with E-state index < -0.39 is 0 Å². The largest absolute Gasteiger partial charge is 0.326 e. The van der Waals surface area contributed by atoms with Crippen molar-refractivity contribution in [2.45, 2.75) is 26.4 Å². The van der Waals surface area contributed by atoms with Crippen LogP contribution >= 0.6 is 0 Å². The molecule has 1 unspecified atom stereocenters.